The Bertz CT molecular complexity index is 1150. The second-order valence-corrected chi connectivity index (χ2v) is 13.3. The Balaban J connectivity index is 2.51. The van der Waals surface area contributed by atoms with Crippen LogP contribution in [0, 0.1) is 23.2 Å². The molecule has 13 nitrogen and oxygen atoms in total. The van der Waals surface area contributed by atoms with Gasteiger partial charge in [0.2, 0.25) is 0 Å². The molecule has 0 aromatic rings. The number of fused-ring (bicyclic) bond motifs is 1. The molecular formula is C31H48O13. The topological polar surface area (TPSA) is 181 Å². The van der Waals surface area contributed by atoms with E-state index < -0.39 is 107 Å². The van der Waals surface area contributed by atoms with Crippen molar-refractivity contribution in [1.29, 1.82) is 0 Å². The third-order valence-electron chi connectivity index (χ3n) is 9.72. The summed E-state index contributed by atoms with van der Waals surface area (Å²) in [7, 11) is 0. The van der Waals surface area contributed by atoms with Crippen LogP contribution in [-0.4, -0.2) is 94.0 Å². The molecular weight excluding hydrogens is 580 g/mol. The van der Waals surface area contributed by atoms with Crippen molar-refractivity contribution in [3.8, 4) is 0 Å². The van der Waals surface area contributed by atoms with Gasteiger partial charge in [0.05, 0.1) is 35.1 Å². The summed E-state index contributed by atoms with van der Waals surface area (Å²) in [6.07, 6.45) is -7.31. The van der Waals surface area contributed by atoms with Gasteiger partial charge < -0.3 is 38.6 Å². The maximum absolute atomic E-state index is 13.6. The third kappa shape index (κ3) is 5.71. The van der Waals surface area contributed by atoms with Gasteiger partial charge in [0.1, 0.15) is 29.8 Å². The fourth-order valence-electron chi connectivity index (χ4n) is 7.45. The number of carbonyl (C=O) groups is 5. The van der Waals surface area contributed by atoms with Gasteiger partial charge in [-0.15, -0.1) is 0 Å². The monoisotopic (exact) mass is 628 g/mol. The smallest absolute Gasteiger partial charge is 0.309 e. The average molecular weight is 629 g/mol. The number of esters is 5. The molecule has 2 bridgehead atoms. The summed E-state index contributed by atoms with van der Waals surface area (Å²) < 4.78 is 36.0. The minimum Gasteiger partial charge on any atom is -0.464 e. The quantitative estimate of drug-likeness (QED) is 0.265. The Morgan fingerprint density at radius 2 is 1.34 bits per heavy atom. The number of hydrogen-bond acceptors (Lipinski definition) is 13. The first-order chi connectivity index (χ1) is 20.2. The predicted octanol–water partition coefficient (Wildman–Crippen LogP) is 2.01. The van der Waals surface area contributed by atoms with Crippen molar-refractivity contribution in [2.45, 2.75) is 136 Å². The summed E-state index contributed by atoms with van der Waals surface area (Å²) in [4.78, 5) is 64.5. The van der Waals surface area contributed by atoms with Gasteiger partial charge in [-0.2, -0.15) is 0 Å². The molecule has 1 saturated heterocycles. The molecule has 1 heterocycles. The molecule has 11 unspecified atom stereocenters. The molecule has 0 amide bonds. The van der Waals surface area contributed by atoms with Gasteiger partial charge in [-0.3, -0.25) is 24.0 Å². The Kier molecular flexibility index (Phi) is 10.2. The lowest BCUT2D eigenvalue weighted by Gasteiger charge is -2.66. The first-order valence-corrected chi connectivity index (χ1v) is 15.2. The number of carbonyl (C=O) groups excluding carboxylic acids is 5. The second-order valence-electron chi connectivity index (χ2n) is 13.3. The molecule has 1 aliphatic heterocycles. The molecule has 2 saturated carbocycles. The number of aliphatic hydroxyl groups is 2. The Hall–Kier alpha value is -2.77. The van der Waals surface area contributed by atoms with Crippen LogP contribution in [0.5, 0.6) is 0 Å². The third-order valence-corrected chi connectivity index (χ3v) is 9.72. The van der Waals surface area contributed by atoms with E-state index in [0.29, 0.717) is 12.8 Å². The zero-order valence-corrected chi connectivity index (χ0v) is 27.3. The van der Waals surface area contributed by atoms with Gasteiger partial charge in [0.15, 0.2) is 12.2 Å². The molecule has 0 aromatic heterocycles. The van der Waals surface area contributed by atoms with E-state index in [9.17, 15) is 34.2 Å². The molecule has 3 fully saturated rings. The summed E-state index contributed by atoms with van der Waals surface area (Å²) in [6, 6.07) is 0. The van der Waals surface area contributed by atoms with Crippen LogP contribution >= 0.6 is 0 Å². The van der Waals surface area contributed by atoms with Crippen LogP contribution in [0.4, 0.5) is 0 Å². The van der Waals surface area contributed by atoms with Crippen molar-refractivity contribution < 1.29 is 62.6 Å². The average Bonchev–Trinajstić information content (AvgIpc) is 3.09. The zero-order valence-electron chi connectivity index (χ0n) is 27.3. The molecule has 44 heavy (non-hydrogen) atoms. The van der Waals surface area contributed by atoms with Crippen LogP contribution in [-0.2, 0) is 52.4 Å². The van der Waals surface area contributed by atoms with Crippen LogP contribution in [0.3, 0.4) is 0 Å². The summed E-state index contributed by atoms with van der Waals surface area (Å²) in [5.41, 5.74) is -7.77. The Labute approximate surface area is 258 Å². The van der Waals surface area contributed by atoms with Crippen LogP contribution in [0.2, 0.25) is 0 Å². The highest BCUT2D eigenvalue weighted by atomic mass is 16.6. The van der Waals surface area contributed by atoms with Crippen molar-refractivity contribution in [1.82, 2.24) is 0 Å². The molecule has 0 radical (unpaired) electrons. The molecule has 2 aliphatic carbocycles. The number of hydrogen-bond donors (Lipinski definition) is 2. The molecule has 2 N–H and O–H groups in total. The van der Waals surface area contributed by atoms with Crippen molar-refractivity contribution >= 4 is 29.8 Å². The number of ether oxygens (including phenoxy) is 6. The van der Waals surface area contributed by atoms with Gasteiger partial charge in [0, 0.05) is 27.2 Å². The summed E-state index contributed by atoms with van der Waals surface area (Å²) >= 11 is 0. The second kappa shape index (κ2) is 12.6. The SMILES string of the molecule is CCC(C)C(=O)OCC12C(OC(C)=O)C(OC(C)=O)CC(C)(O)C13OC(C)(C)C(C(OC(C)=O)C2OC(=O)C(C)CC)C3O. The Morgan fingerprint density at radius 3 is 1.84 bits per heavy atom. The maximum Gasteiger partial charge on any atom is 0.309 e. The van der Waals surface area contributed by atoms with Gasteiger partial charge >= 0.3 is 29.8 Å². The molecule has 1 spiro atoms. The summed E-state index contributed by atoms with van der Waals surface area (Å²) in [6.45, 7) is 14.1. The molecule has 13 heteroatoms. The normalized spacial score (nSPS) is 38.4. The van der Waals surface area contributed by atoms with E-state index in [1.165, 1.54) is 6.92 Å². The van der Waals surface area contributed by atoms with E-state index in [0.717, 1.165) is 20.8 Å². The van der Waals surface area contributed by atoms with Crippen molar-refractivity contribution in [3.05, 3.63) is 0 Å². The fourth-order valence-corrected chi connectivity index (χ4v) is 7.45. The van der Waals surface area contributed by atoms with Crippen molar-refractivity contribution in [3.63, 3.8) is 0 Å². The highest BCUT2D eigenvalue weighted by Gasteiger charge is 2.88. The van der Waals surface area contributed by atoms with Gasteiger partial charge in [-0.25, -0.2) is 0 Å². The van der Waals surface area contributed by atoms with E-state index in [-0.39, 0.29) is 6.42 Å². The molecule has 3 aliphatic rings. The first kappa shape index (κ1) is 35.7. The Morgan fingerprint density at radius 1 is 0.818 bits per heavy atom. The summed E-state index contributed by atoms with van der Waals surface area (Å²) in [5.74, 6) is -6.11. The molecule has 11 atom stereocenters. The lowest BCUT2D eigenvalue weighted by Crippen LogP contribution is -2.85. The fraction of sp³-hybridized carbons (Fsp3) is 0.839. The van der Waals surface area contributed by atoms with Crippen LogP contribution in [0.1, 0.15) is 88.5 Å². The molecule has 3 rings (SSSR count). The highest BCUT2D eigenvalue weighted by molar-refractivity contribution is 5.73. The standard InChI is InChI=1S/C31H48O13/c1-11-15(3)26(36)39-14-30-24(42-19(7)34)20(40-17(5)32)13-29(10,38)31(30)23(35)21(28(8,9)44-31)22(41-18(6)33)25(30)43-27(37)16(4)12-2/h15-16,20-25,35,38H,11-14H2,1-10H3. The number of rotatable bonds is 10. The largest absolute Gasteiger partial charge is 0.464 e. The van der Waals surface area contributed by atoms with Crippen LogP contribution in [0.15, 0.2) is 0 Å². The minimum atomic E-state index is -2.17. The summed E-state index contributed by atoms with van der Waals surface area (Å²) in [5, 5.41) is 24.6. The first-order valence-electron chi connectivity index (χ1n) is 15.2. The van der Waals surface area contributed by atoms with Gasteiger partial charge in [-0.05, 0) is 33.6 Å². The van der Waals surface area contributed by atoms with Crippen molar-refractivity contribution in [2.75, 3.05) is 6.61 Å². The zero-order chi connectivity index (χ0) is 33.6. The molecule has 250 valence electrons. The maximum atomic E-state index is 13.6. The lowest BCUT2D eigenvalue weighted by molar-refractivity contribution is -0.364. The lowest BCUT2D eigenvalue weighted by atomic mass is 9.45. The highest BCUT2D eigenvalue weighted by Crippen LogP contribution is 2.69. The van der Waals surface area contributed by atoms with E-state index in [2.05, 4.69) is 0 Å². The van der Waals surface area contributed by atoms with Gasteiger partial charge in [0.25, 0.3) is 0 Å². The van der Waals surface area contributed by atoms with E-state index in [1.807, 2.05) is 0 Å². The van der Waals surface area contributed by atoms with Crippen LogP contribution < -0.4 is 0 Å². The van der Waals surface area contributed by atoms with E-state index in [4.69, 9.17) is 28.4 Å². The van der Waals surface area contributed by atoms with Crippen molar-refractivity contribution in [2.24, 2.45) is 23.2 Å². The predicted molar refractivity (Wildman–Crippen MR) is 151 cm³/mol. The van der Waals surface area contributed by atoms with Crippen LogP contribution in [0.25, 0.3) is 0 Å². The number of aliphatic hydroxyl groups excluding tert-OH is 1. The molecule has 0 aromatic carbocycles. The van der Waals surface area contributed by atoms with E-state index in [1.54, 1.807) is 41.5 Å². The van der Waals surface area contributed by atoms with Gasteiger partial charge in [-0.1, -0.05) is 27.7 Å². The minimum absolute atomic E-state index is 0.375. The van der Waals surface area contributed by atoms with E-state index >= 15 is 0 Å².